The van der Waals surface area contributed by atoms with Gasteiger partial charge in [0.1, 0.15) is 24.4 Å². The molecule has 6 rings (SSSR count). The summed E-state index contributed by atoms with van der Waals surface area (Å²) in [6, 6.07) is 0. The monoisotopic (exact) mass is 666 g/mol. The quantitative estimate of drug-likeness (QED) is 0.160. The highest BCUT2D eigenvalue weighted by Crippen LogP contribution is 2.75. The normalized spacial score (nSPS) is 55.4. The van der Waals surface area contributed by atoms with Crippen molar-refractivity contribution < 1.29 is 55.1 Å². The Morgan fingerprint density at radius 1 is 0.851 bits per heavy atom. The topological polar surface area (TPSA) is 197 Å². The SMILES string of the molecule is CC1(C)CC[C@]2(C(=O)O[C@@H]3O[C@H](CO)[C@@H](O)[C@H](O)[C@H]3O)CC[C@]3(C)C(=CC[C@@H]4[C@@]5(C)C[C@@H](O)[C@H](O)[C@](C)(CO)[C@@H]5CC[C@]43C)[C@@H]2[C@@H]1O. The molecule has 16 atom stereocenters. The maximum atomic E-state index is 14.4. The Morgan fingerprint density at radius 2 is 1.51 bits per heavy atom. The average molecular weight is 667 g/mol. The first kappa shape index (κ1) is 35.7. The van der Waals surface area contributed by atoms with Crippen LogP contribution in [0.15, 0.2) is 11.6 Å². The van der Waals surface area contributed by atoms with Gasteiger partial charge in [0.15, 0.2) is 0 Å². The molecule has 0 bridgehead atoms. The van der Waals surface area contributed by atoms with E-state index < -0.39 is 89.2 Å². The maximum Gasteiger partial charge on any atom is 0.315 e. The molecule has 1 saturated heterocycles. The van der Waals surface area contributed by atoms with Gasteiger partial charge >= 0.3 is 5.97 Å². The molecule has 0 amide bonds. The number of carbonyl (C=O) groups is 1. The number of aliphatic hydroxyl groups excluding tert-OH is 8. The first-order valence-electron chi connectivity index (χ1n) is 17.7. The minimum Gasteiger partial charge on any atom is -0.432 e. The first-order chi connectivity index (χ1) is 21.8. The van der Waals surface area contributed by atoms with Gasteiger partial charge < -0.3 is 50.3 Å². The van der Waals surface area contributed by atoms with Crippen molar-refractivity contribution in [3.8, 4) is 0 Å². The minimum absolute atomic E-state index is 0.00502. The highest BCUT2D eigenvalue weighted by molar-refractivity contribution is 5.79. The van der Waals surface area contributed by atoms with Gasteiger partial charge in [-0.2, -0.15) is 0 Å². The predicted octanol–water partition coefficient (Wildman–Crippen LogP) is 1.41. The highest BCUT2D eigenvalue weighted by Gasteiger charge is 2.72. The van der Waals surface area contributed by atoms with Crippen molar-refractivity contribution in [2.45, 2.75) is 142 Å². The van der Waals surface area contributed by atoms with Gasteiger partial charge in [0.2, 0.25) is 6.29 Å². The number of fused-ring (bicyclic) bond motifs is 7. The summed E-state index contributed by atoms with van der Waals surface area (Å²) in [5, 5.41) is 85.9. The molecule has 1 heterocycles. The summed E-state index contributed by atoms with van der Waals surface area (Å²) < 4.78 is 11.4. The van der Waals surface area contributed by atoms with Gasteiger partial charge in [-0.3, -0.25) is 4.79 Å². The van der Waals surface area contributed by atoms with E-state index in [1.165, 1.54) is 0 Å². The van der Waals surface area contributed by atoms with Crippen molar-refractivity contribution in [3.63, 3.8) is 0 Å². The van der Waals surface area contributed by atoms with Gasteiger partial charge in [-0.15, -0.1) is 0 Å². The third kappa shape index (κ3) is 4.67. The van der Waals surface area contributed by atoms with Gasteiger partial charge in [-0.05, 0) is 84.9 Å². The number of carbonyl (C=O) groups excluding carboxylic acids is 1. The summed E-state index contributed by atoms with van der Waals surface area (Å²) >= 11 is 0. The first-order valence-corrected chi connectivity index (χ1v) is 17.7. The fourth-order valence-corrected chi connectivity index (χ4v) is 12.1. The van der Waals surface area contributed by atoms with Gasteiger partial charge in [-0.25, -0.2) is 0 Å². The fourth-order valence-electron chi connectivity index (χ4n) is 12.1. The molecule has 0 radical (unpaired) electrons. The number of hydrogen-bond acceptors (Lipinski definition) is 11. The molecule has 268 valence electrons. The molecule has 11 nitrogen and oxygen atoms in total. The zero-order valence-electron chi connectivity index (χ0n) is 28.8. The molecule has 5 fully saturated rings. The molecule has 5 aliphatic carbocycles. The van der Waals surface area contributed by atoms with Crippen molar-refractivity contribution in [3.05, 3.63) is 11.6 Å². The summed E-state index contributed by atoms with van der Waals surface area (Å²) in [5.41, 5.74) is -2.46. The molecule has 0 aromatic rings. The van der Waals surface area contributed by atoms with E-state index >= 15 is 0 Å². The molecule has 11 heteroatoms. The molecule has 0 aromatic heterocycles. The van der Waals surface area contributed by atoms with E-state index in [1.54, 1.807) is 0 Å². The van der Waals surface area contributed by atoms with Gasteiger partial charge in [-0.1, -0.05) is 53.2 Å². The Balaban J connectivity index is 1.39. The van der Waals surface area contributed by atoms with E-state index in [4.69, 9.17) is 9.47 Å². The van der Waals surface area contributed by atoms with Gasteiger partial charge in [0.25, 0.3) is 0 Å². The third-order valence-corrected chi connectivity index (χ3v) is 15.4. The second kappa shape index (κ2) is 11.4. The van der Waals surface area contributed by atoms with Crippen LogP contribution in [-0.2, 0) is 14.3 Å². The van der Waals surface area contributed by atoms with Crippen LogP contribution >= 0.6 is 0 Å². The van der Waals surface area contributed by atoms with Crippen molar-refractivity contribution >= 4 is 5.97 Å². The van der Waals surface area contributed by atoms with Crippen LogP contribution in [0.2, 0.25) is 0 Å². The van der Waals surface area contributed by atoms with Crippen LogP contribution in [-0.4, -0.2) is 109 Å². The lowest BCUT2D eigenvalue weighted by Gasteiger charge is -2.71. The van der Waals surface area contributed by atoms with E-state index in [0.29, 0.717) is 38.5 Å². The number of rotatable bonds is 4. The molecular weight excluding hydrogens is 608 g/mol. The van der Waals surface area contributed by atoms with Crippen molar-refractivity contribution in [1.82, 2.24) is 0 Å². The van der Waals surface area contributed by atoms with Crippen molar-refractivity contribution in [2.24, 2.45) is 50.2 Å². The van der Waals surface area contributed by atoms with E-state index in [0.717, 1.165) is 18.4 Å². The van der Waals surface area contributed by atoms with Crippen LogP contribution in [0.4, 0.5) is 0 Å². The second-order valence-corrected chi connectivity index (χ2v) is 17.8. The van der Waals surface area contributed by atoms with E-state index in [-0.39, 0.29) is 29.3 Å². The minimum atomic E-state index is -1.72. The van der Waals surface area contributed by atoms with Crippen molar-refractivity contribution in [2.75, 3.05) is 13.2 Å². The smallest absolute Gasteiger partial charge is 0.315 e. The lowest BCUT2D eigenvalue weighted by atomic mass is 9.33. The van der Waals surface area contributed by atoms with Crippen LogP contribution < -0.4 is 0 Å². The largest absolute Gasteiger partial charge is 0.432 e. The van der Waals surface area contributed by atoms with Crippen LogP contribution in [0.1, 0.15) is 92.9 Å². The summed E-state index contributed by atoms with van der Waals surface area (Å²) in [4.78, 5) is 14.4. The van der Waals surface area contributed by atoms with Crippen LogP contribution in [0, 0.1) is 50.2 Å². The molecule has 0 unspecified atom stereocenters. The van der Waals surface area contributed by atoms with Crippen LogP contribution in [0.3, 0.4) is 0 Å². The van der Waals surface area contributed by atoms with E-state index in [1.807, 2.05) is 20.8 Å². The second-order valence-electron chi connectivity index (χ2n) is 17.8. The van der Waals surface area contributed by atoms with Gasteiger partial charge in [0.05, 0.1) is 36.9 Å². The predicted molar refractivity (Wildman–Crippen MR) is 169 cm³/mol. The maximum absolute atomic E-state index is 14.4. The molecule has 0 spiro atoms. The molecular formula is C36H58O11. The Morgan fingerprint density at radius 3 is 2.15 bits per heavy atom. The Hall–Kier alpha value is -1.15. The van der Waals surface area contributed by atoms with Crippen LogP contribution in [0.25, 0.3) is 0 Å². The zero-order chi connectivity index (χ0) is 34.7. The lowest BCUT2D eigenvalue weighted by molar-refractivity contribution is -0.298. The Kier molecular flexibility index (Phi) is 8.68. The standard InChI is InChI=1S/C36H58O11/c1-31(2)11-13-36(30(45)47-29-26(42)25(41)24(40)20(16-37)46-29)14-12-34(5)18(23(36)28(31)44)7-8-22-32(3)15-19(39)27(43)33(4,17-38)21(32)9-10-35(22,34)6/h7,19-29,37-44H,8-17H2,1-6H3/t19-,20-,21-,22-,23-,24-,25+,26-,27+,28+,29+,32+,33-,34-,35-,36+/m1/s1. The number of ether oxygens (including phenoxy) is 2. The molecule has 47 heavy (non-hydrogen) atoms. The molecule has 4 saturated carbocycles. The third-order valence-electron chi connectivity index (χ3n) is 15.4. The number of aliphatic hydroxyl groups is 8. The zero-order valence-corrected chi connectivity index (χ0v) is 28.8. The van der Waals surface area contributed by atoms with E-state index in [2.05, 4.69) is 26.8 Å². The average Bonchev–Trinajstić information content (AvgIpc) is 3.02. The number of hydrogen-bond donors (Lipinski definition) is 8. The van der Waals surface area contributed by atoms with Gasteiger partial charge in [0, 0.05) is 11.3 Å². The molecule has 6 aliphatic rings. The molecule has 8 N–H and O–H groups in total. The van der Waals surface area contributed by atoms with Crippen LogP contribution in [0.5, 0.6) is 0 Å². The number of allylic oxidation sites excluding steroid dienone is 1. The summed E-state index contributed by atoms with van der Waals surface area (Å²) in [7, 11) is 0. The number of esters is 1. The lowest BCUT2D eigenvalue weighted by Crippen LogP contribution is -2.69. The Labute approximate surface area is 278 Å². The summed E-state index contributed by atoms with van der Waals surface area (Å²) in [6.07, 6.45) is -3.62. The Bertz CT molecular complexity index is 1270. The highest BCUT2D eigenvalue weighted by atomic mass is 16.7. The fraction of sp³-hybridized carbons (Fsp3) is 0.917. The van der Waals surface area contributed by atoms with E-state index in [9.17, 15) is 45.6 Å². The van der Waals surface area contributed by atoms with Crippen molar-refractivity contribution in [1.29, 1.82) is 0 Å². The molecule has 0 aromatic carbocycles. The molecule has 1 aliphatic heterocycles. The summed E-state index contributed by atoms with van der Waals surface area (Å²) in [5.74, 6) is -1.08. The summed E-state index contributed by atoms with van der Waals surface area (Å²) in [6.45, 7) is 11.9.